The minimum absolute atomic E-state index is 0.159. The van der Waals surface area contributed by atoms with Gasteiger partial charge in [-0.3, -0.25) is 4.79 Å². The van der Waals surface area contributed by atoms with E-state index >= 15 is 0 Å². The molecule has 158 valence electrons. The van der Waals surface area contributed by atoms with Crippen LogP contribution in [-0.4, -0.2) is 25.0 Å². The SMILES string of the molecule is COC(=O)c1c(NC(=O)[C@H]2CC=CC[C@H]2C(=O)[O-])sc2c1CC[C@H](C(C)(C)C)C2. The molecule has 7 heteroatoms. The molecule has 0 aliphatic heterocycles. The third-order valence-electron chi connectivity index (χ3n) is 6.19. The normalized spacial score (nSPS) is 23.9. The summed E-state index contributed by atoms with van der Waals surface area (Å²) in [6.45, 7) is 6.66. The van der Waals surface area contributed by atoms with Crippen LogP contribution in [0.25, 0.3) is 0 Å². The maximum absolute atomic E-state index is 12.9. The van der Waals surface area contributed by atoms with Crippen LogP contribution < -0.4 is 10.4 Å². The van der Waals surface area contributed by atoms with Gasteiger partial charge < -0.3 is 20.0 Å². The van der Waals surface area contributed by atoms with Gasteiger partial charge in [-0.15, -0.1) is 11.3 Å². The van der Waals surface area contributed by atoms with E-state index in [1.807, 2.05) is 6.08 Å². The largest absolute Gasteiger partial charge is 0.550 e. The molecule has 0 fully saturated rings. The van der Waals surface area contributed by atoms with Crippen LogP contribution in [0, 0.1) is 23.2 Å². The topological polar surface area (TPSA) is 95.5 Å². The highest BCUT2D eigenvalue weighted by molar-refractivity contribution is 7.17. The second-order valence-electron chi connectivity index (χ2n) is 8.97. The molecule has 0 saturated carbocycles. The Balaban J connectivity index is 1.90. The fourth-order valence-electron chi connectivity index (χ4n) is 4.30. The van der Waals surface area contributed by atoms with Gasteiger partial charge in [0, 0.05) is 16.8 Å². The van der Waals surface area contributed by atoms with Gasteiger partial charge in [-0.2, -0.15) is 0 Å². The molecule has 0 saturated heterocycles. The van der Waals surface area contributed by atoms with Gasteiger partial charge >= 0.3 is 5.97 Å². The zero-order valence-electron chi connectivity index (χ0n) is 17.4. The van der Waals surface area contributed by atoms with Crippen LogP contribution in [0.5, 0.6) is 0 Å². The number of amides is 1. The number of methoxy groups -OCH3 is 1. The maximum atomic E-state index is 12.9. The highest BCUT2D eigenvalue weighted by Crippen LogP contribution is 2.44. The zero-order valence-corrected chi connectivity index (χ0v) is 18.2. The van der Waals surface area contributed by atoms with Crippen LogP contribution in [0.2, 0.25) is 0 Å². The second kappa shape index (κ2) is 8.30. The third kappa shape index (κ3) is 4.39. The average Bonchev–Trinajstić information content (AvgIpc) is 3.03. The van der Waals surface area contributed by atoms with Gasteiger partial charge in [0.05, 0.1) is 18.6 Å². The summed E-state index contributed by atoms with van der Waals surface area (Å²) in [5, 5.41) is 14.7. The van der Waals surface area contributed by atoms with Crippen molar-refractivity contribution in [1.29, 1.82) is 0 Å². The van der Waals surface area contributed by atoms with Gasteiger partial charge in [-0.1, -0.05) is 32.9 Å². The predicted octanol–water partition coefficient (Wildman–Crippen LogP) is 2.96. The Morgan fingerprint density at radius 1 is 1.17 bits per heavy atom. The number of carbonyl (C=O) groups is 3. The number of carboxylic acid groups (broad SMARTS) is 1. The van der Waals surface area contributed by atoms with E-state index in [4.69, 9.17) is 4.74 Å². The van der Waals surface area contributed by atoms with Crippen molar-refractivity contribution in [3.63, 3.8) is 0 Å². The summed E-state index contributed by atoms with van der Waals surface area (Å²) in [5.41, 5.74) is 1.54. The molecule has 1 amide bonds. The van der Waals surface area contributed by atoms with Crippen molar-refractivity contribution in [1.82, 2.24) is 0 Å². The molecular formula is C22H28NO5S-. The molecule has 3 rings (SSSR count). The molecule has 6 nitrogen and oxygen atoms in total. The molecular weight excluding hydrogens is 390 g/mol. The van der Waals surface area contributed by atoms with Crippen molar-refractivity contribution in [3.8, 4) is 0 Å². The first-order valence-electron chi connectivity index (χ1n) is 10.0. The summed E-state index contributed by atoms with van der Waals surface area (Å²) in [4.78, 5) is 37.9. The molecule has 2 aliphatic carbocycles. The number of carbonyl (C=O) groups excluding carboxylic acids is 3. The van der Waals surface area contributed by atoms with E-state index in [-0.39, 0.29) is 17.7 Å². The molecule has 29 heavy (non-hydrogen) atoms. The molecule has 1 aromatic heterocycles. The van der Waals surface area contributed by atoms with Gasteiger partial charge in [0.2, 0.25) is 5.91 Å². The monoisotopic (exact) mass is 418 g/mol. The molecule has 3 atom stereocenters. The Morgan fingerprint density at radius 3 is 2.41 bits per heavy atom. The molecule has 0 bridgehead atoms. The smallest absolute Gasteiger partial charge is 0.341 e. The Kier molecular flexibility index (Phi) is 6.17. The highest BCUT2D eigenvalue weighted by atomic mass is 32.1. The summed E-state index contributed by atoms with van der Waals surface area (Å²) >= 11 is 1.41. The van der Waals surface area contributed by atoms with E-state index in [0.29, 0.717) is 22.9 Å². The average molecular weight is 419 g/mol. The highest BCUT2D eigenvalue weighted by Gasteiger charge is 2.36. The van der Waals surface area contributed by atoms with E-state index in [0.717, 1.165) is 29.7 Å². The number of ether oxygens (including phenoxy) is 1. The molecule has 2 aliphatic rings. The summed E-state index contributed by atoms with van der Waals surface area (Å²) in [6.07, 6.45) is 6.80. The number of carboxylic acids is 1. The Hall–Kier alpha value is -2.15. The quantitative estimate of drug-likeness (QED) is 0.599. The number of esters is 1. The van der Waals surface area contributed by atoms with E-state index in [1.165, 1.54) is 18.4 Å². The van der Waals surface area contributed by atoms with Gasteiger partial charge in [0.25, 0.3) is 0 Å². The lowest BCUT2D eigenvalue weighted by Gasteiger charge is -2.33. The van der Waals surface area contributed by atoms with Crippen LogP contribution in [0.1, 0.15) is 60.8 Å². The minimum Gasteiger partial charge on any atom is -0.550 e. The number of hydrogen-bond acceptors (Lipinski definition) is 6. The molecule has 1 heterocycles. The standard InChI is InChI=1S/C22H29NO5S/c1-22(2,3)12-9-10-15-16(11-12)29-19(17(15)21(27)28-4)23-18(24)13-7-5-6-8-14(13)20(25)26/h5-6,12-14H,7-11H2,1-4H3,(H,23,24)(H,25,26)/p-1/t12-,13-,14+/m0/s1. The Bertz CT molecular complexity index is 848. The van der Waals surface area contributed by atoms with Crippen molar-refractivity contribution in [3.05, 3.63) is 28.2 Å². The van der Waals surface area contributed by atoms with Crippen LogP contribution in [-0.2, 0) is 27.2 Å². The van der Waals surface area contributed by atoms with Crippen LogP contribution in [0.4, 0.5) is 5.00 Å². The lowest BCUT2D eigenvalue weighted by molar-refractivity contribution is -0.313. The van der Waals surface area contributed by atoms with Crippen molar-refractivity contribution < 1.29 is 24.2 Å². The van der Waals surface area contributed by atoms with Crippen molar-refractivity contribution >= 4 is 34.2 Å². The Morgan fingerprint density at radius 2 is 1.83 bits per heavy atom. The number of aliphatic carboxylic acids is 1. The molecule has 0 spiro atoms. The number of allylic oxidation sites excluding steroid dienone is 2. The first kappa shape index (κ1) is 21.6. The maximum Gasteiger partial charge on any atom is 0.341 e. The third-order valence-corrected chi connectivity index (χ3v) is 7.36. The summed E-state index contributed by atoms with van der Waals surface area (Å²) < 4.78 is 4.98. The van der Waals surface area contributed by atoms with Gasteiger partial charge in [-0.05, 0) is 49.0 Å². The molecule has 1 N–H and O–H groups in total. The number of fused-ring (bicyclic) bond motifs is 1. The fourth-order valence-corrected chi connectivity index (χ4v) is 5.62. The van der Waals surface area contributed by atoms with Crippen LogP contribution >= 0.6 is 11.3 Å². The molecule has 0 aromatic carbocycles. The van der Waals surface area contributed by atoms with Crippen LogP contribution in [0.15, 0.2) is 12.2 Å². The van der Waals surface area contributed by atoms with Gasteiger partial charge in [-0.25, -0.2) is 4.79 Å². The minimum atomic E-state index is -1.22. The van der Waals surface area contributed by atoms with E-state index in [1.54, 1.807) is 6.08 Å². The van der Waals surface area contributed by atoms with E-state index in [2.05, 4.69) is 26.1 Å². The van der Waals surface area contributed by atoms with E-state index < -0.39 is 23.8 Å². The number of hydrogen-bond donors (Lipinski definition) is 1. The summed E-state index contributed by atoms with van der Waals surface area (Å²) in [7, 11) is 1.33. The van der Waals surface area contributed by atoms with Crippen molar-refractivity contribution in [2.45, 2.75) is 52.9 Å². The first-order chi connectivity index (χ1) is 13.6. The number of rotatable bonds is 4. The number of anilines is 1. The predicted molar refractivity (Wildman–Crippen MR) is 110 cm³/mol. The fraction of sp³-hybridized carbons (Fsp3) is 0.591. The first-order valence-corrected chi connectivity index (χ1v) is 10.8. The Labute approximate surface area is 175 Å². The lowest BCUT2D eigenvalue weighted by Crippen LogP contribution is -2.41. The van der Waals surface area contributed by atoms with Gasteiger partial charge in [0.1, 0.15) is 5.00 Å². The number of nitrogens with one attached hydrogen (secondary N) is 1. The molecule has 1 aromatic rings. The second-order valence-corrected chi connectivity index (χ2v) is 10.1. The molecule has 0 unspecified atom stereocenters. The summed E-state index contributed by atoms with van der Waals surface area (Å²) in [6, 6.07) is 0. The number of thiophene rings is 1. The van der Waals surface area contributed by atoms with Crippen LogP contribution in [0.3, 0.4) is 0 Å². The lowest BCUT2D eigenvalue weighted by atomic mass is 9.72. The zero-order chi connectivity index (χ0) is 21.3. The van der Waals surface area contributed by atoms with Gasteiger partial charge in [0.15, 0.2) is 0 Å². The summed E-state index contributed by atoms with van der Waals surface area (Å²) in [5.74, 6) is -3.15. The van der Waals surface area contributed by atoms with E-state index in [9.17, 15) is 19.5 Å². The molecule has 0 radical (unpaired) electrons. The van der Waals surface area contributed by atoms with Crippen molar-refractivity contribution in [2.75, 3.05) is 12.4 Å². The van der Waals surface area contributed by atoms with Crippen molar-refractivity contribution in [2.24, 2.45) is 23.2 Å².